The number of carbonyl (C=O) groups excluding carboxylic acids is 1. The summed E-state index contributed by atoms with van der Waals surface area (Å²) >= 11 is 0. The molecule has 3 nitrogen and oxygen atoms in total. The minimum Gasteiger partial charge on any atom is -0.356 e. The van der Waals surface area contributed by atoms with E-state index in [4.69, 9.17) is 0 Å². The number of nitrogens with one attached hydrogen (secondary N) is 2. The Morgan fingerprint density at radius 2 is 2.12 bits per heavy atom. The smallest absolute Gasteiger partial charge is 0.224 e. The van der Waals surface area contributed by atoms with Crippen molar-refractivity contribution in [3.05, 3.63) is 0 Å². The van der Waals surface area contributed by atoms with Crippen LogP contribution in [0.4, 0.5) is 0 Å². The Morgan fingerprint density at radius 3 is 2.71 bits per heavy atom. The van der Waals surface area contributed by atoms with Crippen molar-refractivity contribution in [3.8, 4) is 0 Å². The summed E-state index contributed by atoms with van der Waals surface area (Å²) in [4.78, 5) is 11.8. The van der Waals surface area contributed by atoms with Gasteiger partial charge in [-0.2, -0.15) is 0 Å². The third-order valence-corrected chi connectivity index (χ3v) is 3.32. The molecule has 100 valence electrons. The maximum atomic E-state index is 11.8. The van der Waals surface area contributed by atoms with Gasteiger partial charge < -0.3 is 10.6 Å². The molecule has 1 heterocycles. The Morgan fingerprint density at radius 1 is 1.35 bits per heavy atom. The highest BCUT2D eigenvalue weighted by molar-refractivity contribution is 5.78. The first-order chi connectivity index (χ1) is 7.99. The lowest BCUT2D eigenvalue weighted by Crippen LogP contribution is -2.40. The Bertz CT molecular complexity index is 227. The molecule has 1 aliphatic heterocycles. The van der Waals surface area contributed by atoms with Gasteiger partial charge in [0.05, 0.1) is 5.92 Å². The van der Waals surface area contributed by atoms with Gasteiger partial charge in [0.15, 0.2) is 0 Å². The summed E-state index contributed by atoms with van der Waals surface area (Å²) in [7, 11) is 0. The summed E-state index contributed by atoms with van der Waals surface area (Å²) < 4.78 is 0. The topological polar surface area (TPSA) is 41.1 Å². The van der Waals surface area contributed by atoms with Crippen LogP contribution in [-0.2, 0) is 4.79 Å². The largest absolute Gasteiger partial charge is 0.356 e. The van der Waals surface area contributed by atoms with E-state index in [1.807, 2.05) is 0 Å². The fourth-order valence-corrected chi connectivity index (χ4v) is 2.21. The van der Waals surface area contributed by atoms with Gasteiger partial charge in [-0.15, -0.1) is 0 Å². The van der Waals surface area contributed by atoms with Gasteiger partial charge in [0.25, 0.3) is 0 Å². The molecule has 0 aromatic heterocycles. The van der Waals surface area contributed by atoms with E-state index in [1.54, 1.807) is 0 Å². The second kappa shape index (κ2) is 7.00. The average molecular weight is 240 g/mol. The van der Waals surface area contributed by atoms with Crippen molar-refractivity contribution in [2.24, 2.45) is 11.3 Å². The van der Waals surface area contributed by atoms with Crippen LogP contribution in [0.3, 0.4) is 0 Å². The van der Waals surface area contributed by atoms with E-state index in [2.05, 4.69) is 31.4 Å². The quantitative estimate of drug-likeness (QED) is 0.724. The van der Waals surface area contributed by atoms with Gasteiger partial charge in [0.1, 0.15) is 0 Å². The predicted octanol–water partition coefficient (Wildman–Crippen LogP) is 2.32. The lowest BCUT2D eigenvalue weighted by molar-refractivity contribution is -0.125. The number of rotatable bonds is 5. The van der Waals surface area contributed by atoms with Crippen LogP contribution in [0.15, 0.2) is 0 Å². The number of unbranched alkanes of at least 4 members (excludes halogenated alkanes) is 1. The molecule has 1 amide bonds. The van der Waals surface area contributed by atoms with Crippen LogP contribution < -0.4 is 10.6 Å². The summed E-state index contributed by atoms with van der Waals surface area (Å²) in [5.74, 6) is 0.444. The highest BCUT2D eigenvalue weighted by Crippen LogP contribution is 2.21. The zero-order valence-electron chi connectivity index (χ0n) is 11.6. The number of hydrogen-bond acceptors (Lipinski definition) is 2. The van der Waals surface area contributed by atoms with Gasteiger partial charge in [0, 0.05) is 13.1 Å². The van der Waals surface area contributed by atoms with E-state index < -0.39 is 0 Å². The maximum absolute atomic E-state index is 11.8. The molecular formula is C14H28N2O. The second-order valence-corrected chi connectivity index (χ2v) is 6.35. The highest BCUT2D eigenvalue weighted by Gasteiger charge is 2.20. The Hall–Kier alpha value is -0.570. The van der Waals surface area contributed by atoms with Crippen LogP contribution in [0.2, 0.25) is 0 Å². The normalized spacial score (nSPS) is 21.2. The zero-order chi connectivity index (χ0) is 12.7. The Balaban J connectivity index is 2.04. The summed E-state index contributed by atoms with van der Waals surface area (Å²) in [6.45, 7) is 9.55. The van der Waals surface area contributed by atoms with Crippen LogP contribution in [0.25, 0.3) is 0 Å². The number of piperidine rings is 1. The van der Waals surface area contributed by atoms with Crippen molar-refractivity contribution in [2.75, 3.05) is 19.6 Å². The van der Waals surface area contributed by atoms with Crippen molar-refractivity contribution >= 4 is 5.91 Å². The SMILES string of the molecule is CC(C)(C)CCCCNC(=O)C1CCCNC1. The minimum atomic E-state index is 0.200. The van der Waals surface area contributed by atoms with Crippen LogP contribution in [0, 0.1) is 11.3 Å². The number of amides is 1. The van der Waals surface area contributed by atoms with E-state index in [9.17, 15) is 4.79 Å². The molecule has 1 atom stereocenters. The van der Waals surface area contributed by atoms with Gasteiger partial charge in [-0.3, -0.25) is 4.79 Å². The zero-order valence-corrected chi connectivity index (χ0v) is 11.6. The standard InChI is InChI=1S/C14H28N2O/c1-14(2,3)8-4-5-10-16-13(17)12-7-6-9-15-11-12/h12,15H,4-11H2,1-3H3,(H,16,17). The molecule has 0 aromatic rings. The van der Waals surface area contributed by atoms with Gasteiger partial charge in [-0.25, -0.2) is 0 Å². The van der Waals surface area contributed by atoms with Crippen LogP contribution in [-0.4, -0.2) is 25.5 Å². The third-order valence-electron chi connectivity index (χ3n) is 3.32. The monoisotopic (exact) mass is 240 g/mol. The molecule has 1 fully saturated rings. The lowest BCUT2D eigenvalue weighted by Gasteiger charge is -2.22. The van der Waals surface area contributed by atoms with Crippen molar-refractivity contribution in [3.63, 3.8) is 0 Å². The summed E-state index contributed by atoms with van der Waals surface area (Å²) in [5, 5.41) is 6.34. The average Bonchev–Trinajstić information content (AvgIpc) is 2.28. The summed E-state index contributed by atoms with van der Waals surface area (Å²) in [6.07, 6.45) is 5.70. The first-order valence-corrected chi connectivity index (χ1v) is 6.97. The fourth-order valence-electron chi connectivity index (χ4n) is 2.21. The first-order valence-electron chi connectivity index (χ1n) is 6.97. The molecule has 0 aromatic carbocycles. The van der Waals surface area contributed by atoms with Gasteiger partial charge in [-0.1, -0.05) is 27.2 Å². The molecule has 1 rings (SSSR count). The molecule has 1 aliphatic rings. The van der Waals surface area contributed by atoms with E-state index in [0.717, 1.165) is 38.9 Å². The molecule has 0 bridgehead atoms. The first kappa shape index (κ1) is 14.5. The van der Waals surface area contributed by atoms with Crippen molar-refractivity contribution in [1.82, 2.24) is 10.6 Å². The van der Waals surface area contributed by atoms with E-state index >= 15 is 0 Å². The Kier molecular flexibility index (Phi) is 5.96. The third kappa shape index (κ3) is 6.67. The molecule has 3 heteroatoms. The molecule has 0 spiro atoms. The summed E-state index contributed by atoms with van der Waals surface area (Å²) in [6, 6.07) is 0. The molecule has 0 aliphatic carbocycles. The minimum absolute atomic E-state index is 0.200. The molecule has 17 heavy (non-hydrogen) atoms. The molecular weight excluding hydrogens is 212 g/mol. The fraction of sp³-hybridized carbons (Fsp3) is 0.929. The van der Waals surface area contributed by atoms with E-state index in [0.29, 0.717) is 5.41 Å². The van der Waals surface area contributed by atoms with Crippen LogP contribution in [0.1, 0.15) is 52.9 Å². The number of hydrogen-bond donors (Lipinski definition) is 2. The second-order valence-electron chi connectivity index (χ2n) is 6.35. The predicted molar refractivity (Wildman–Crippen MR) is 71.9 cm³/mol. The van der Waals surface area contributed by atoms with Crippen molar-refractivity contribution in [1.29, 1.82) is 0 Å². The van der Waals surface area contributed by atoms with Crippen molar-refractivity contribution < 1.29 is 4.79 Å². The van der Waals surface area contributed by atoms with Gasteiger partial charge in [0.2, 0.25) is 5.91 Å². The highest BCUT2D eigenvalue weighted by atomic mass is 16.1. The molecule has 1 saturated heterocycles. The van der Waals surface area contributed by atoms with E-state index in [1.165, 1.54) is 12.8 Å². The van der Waals surface area contributed by atoms with Crippen LogP contribution >= 0.6 is 0 Å². The summed E-state index contributed by atoms with van der Waals surface area (Å²) in [5.41, 5.74) is 0.414. The van der Waals surface area contributed by atoms with Crippen molar-refractivity contribution in [2.45, 2.75) is 52.9 Å². The lowest BCUT2D eigenvalue weighted by atomic mass is 9.90. The molecule has 1 unspecified atom stereocenters. The molecule has 0 radical (unpaired) electrons. The maximum Gasteiger partial charge on any atom is 0.224 e. The molecule has 0 saturated carbocycles. The van der Waals surface area contributed by atoms with Gasteiger partial charge in [-0.05, 0) is 37.6 Å². The Labute approximate surface area is 106 Å². The van der Waals surface area contributed by atoms with Crippen LogP contribution in [0.5, 0.6) is 0 Å². The molecule has 2 N–H and O–H groups in total. The van der Waals surface area contributed by atoms with E-state index in [-0.39, 0.29) is 11.8 Å². The number of carbonyl (C=O) groups is 1. The van der Waals surface area contributed by atoms with Gasteiger partial charge >= 0.3 is 0 Å².